The van der Waals surface area contributed by atoms with Crippen molar-refractivity contribution in [3.05, 3.63) is 64.6 Å². The zero-order chi connectivity index (χ0) is 22.1. The second kappa shape index (κ2) is 8.63. The number of pyridine rings is 1. The van der Waals surface area contributed by atoms with Gasteiger partial charge in [0.05, 0.1) is 29.2 Å². The minimum atomic E-state index is -0.473. The molecule has 2 atom stereocenters. The molecule has 0 saturated heterocycles. The van der Waals surface area contributed by atoms with Crippen LogP contribution >= 0.6 is 0 Å². The van der Waals surface area contributed by atoms with Gasteiger partial charge in [0.15, 0.2) is 0 Å². The zero-order valence-corrected chi connectivity index (χ0v) is 19.0. The van der Waals surface area contributed by atoms with Gasteiger partial charge in [-0.2, -0.15) is 0 Å². The molecule has 0 amide bonds. The summed E-state index contributed by atoms with van der Waals surface area (Å²) in [6.07, 6.45) is 3.60. The molecular weight excluding hydrogens is 386 g/mol. The van der Waals surface area contributed by atoms with E-state index >= 15 is 0 Å². The highest BCUT2D eigenvalue weighted by Crippen LogP contribution is 2.35. The molecule has 0 bridgehead atoms. The van der Waals surface area contributed by atoms with Crippen LogP contribution in [0.5, 0.6) is 0 Å². The van der Waals surface area contributed by atoms with E-state index in [1.807, 2.05) is 37.3 Å². The molecule has 1 aromatic carbocycles. The Kier molecular flexibility index (Phi) is 5.92. The Hall–Kier alpha value is -2.99. The smallest absolute Gasteiger partial charge is 0.148 e. The number of benzene rings is 1. The minimum Gasteiger partial charge on any atom is -0.390 e. The first-order chi connectivity index (χ1) is 14.9. The molecule has 1 aliphatic rings. The predicted molar refractivity (Wildman–Crippen MR) is 126 cm³/mol. The number of hydrogen-bond donors (Lipinski definition) is 2. The maximum atomic E-state index is 10.7. The van der Waals surface area contributed by atoms with Crippen molar-refractivity contribution in [3.8, 4) is 11.3 Å². The monoisotopic (exact) mass is 417 g/mol. The van der Waals surface area contributed by atoms with Crippen molar-refractivity contribution in [2.75, 3.05) is 24.3 Å². The lowest BCUT2D eigenvalue weighted by atomic mass is 10.0. The highest BCUT2D eigenvalue weighted by molar-refractivity contribution is 5.68. The number of aliphatic hydroxyl groups is 1. The molecule has 2 N–H and O–H groups in total. The lowest BCUT2D eigenvalue weighted by Gasteiger charge is -2.22. The lowest BCUT2D eigenvalue weighted by molar-refractivity contribution is 0.165. The average Bonchev–Trinajstić information content (AvgIpc) is 3.08. The first kappa shape index (κ1) is 21.2. The summed E-state index contributed by atoms with van der Waals surface area (Å²) in [7, 11) is 3.98. The van der Waals surface area contributed by atoms with Crippen molar-refractivity contribution in [1.29, 1.82) is 0 Å². The number of fused-ring (bicyclic) bond motifs is 1. The van der Waals surface area contributed by atoms with E-state index in [4.69, 9.17) is 9.97 Å². The summed E-state index contributed by atoms with van der Waals surface area (Å²) >= 11 is 0. The number of aryl methyl sites for hydroxylation is 3. The number of hydrogen-bond acceptors (Lipinski definition) is 6. The van der Waals surface area contributed by atoms with E-state index in [0.29, 0.717) is 6.42 Å². The fraction of sp³-hybridized carbons (Fsp3) is 0.400. The van der Waals surface area contributed by atoms with Crippen LogP contribution < -0.4 is 10.2 Å². The molecule has 0 fully saturated rings. The summed E-state index contributed by atoms with van der Waals surface area (Å²) in [4.78, 5) is 16.6. The molecule has 2 heterocycles. The van der Waals surface area contributed by atoms with Crippen LogP contribution in [0.15, 0.2) is 36.5 Å². The van der Waals surface area contributed by atoms with Crippen LogP contribution in [-0.2, 0) is 19.3 Å². The summed E-state index contributed by atoms with van der Waals surface area (Å²) in [5, 5.41) is 14.2. The van der Waals surface area contributed by atoms with Gasteiger partial charge in [-0.25, -0.2) is 15.0 Å². The Morgan fingerprint density at radius 3 is 2.52 bits per heavy atom. The van der Waals surface area contributed by atoms with Gasteiger partial charge in [-0.15, -0.1) is 0 Å². The van der Waals surface area contributed by atoms with Crippen molar-refractivity contribution in [3.63, 3.8) is 0 Å². The highest BCUT2D eigenvalue weighted by Gasteiger charge is 2.31. The van der Waals surface area contributed by atoms with Crippen LogP contribution in [0, 0.1) is 6.92 Å². The van der Waals surface area contributed by atoms with Crippen molar-refractivity contribution >= 4 is 11.6 Å². The van der Waals surface area contributed by atoms with E-state index in [2.05, 4.69) is 49.3 Å². The molecular formula is C25H31N5O. The quantitative estimate of drug-likeness (QED) is 0.629. The topological polar surface area (TPSA) is 74.2 Å². The molecule has 0 aliphatic heterocycles. The average molecular weight is 418 g/mol. The van der Waals surface area contributed by atoms with Gasteiger partial charge in [-0.3, -0.25) is 0 Å². The molecule has 0 saturated carbocycles. The minimum absolute atomic E-state index is 0.172. The van der Waals surface area contributed by atoms with Crippen molar-refractivity contribution in [2.24, 2.45) is 0 Å². The largest absolute Gasteiger partial charge is 0.390 e. The molecule has 2 aromatic heterocycles. The van der Waals surface area contributed by atoms with Crippen molar-refractivity contribution in [1.82, 2.24) is 15.0 Å². The normalized spacial score (nSPS) is 17.5. The van der Waals surface area contributed by atoms with Crippen LogP contribution in [0.25, 0.3) is 11.3 Å². The molecule has 0 radical (unpaired) electrons. The summed E-state index contributed by atoms with van der Waals surface area (Å²) in [6.45, 7) is 6.28. The van der Waals surface area contributed by atoms with E-state index in [-0.39, 0.29) is 6.04 Å². The maximum absolute atomic E-state index is 10.7. The number of anilines is 2. The van der Waals surface area contributed by atoms with Crippen LogP contribution in [0.3, 0.4) is 0 Å². The van der Waals surface area contributed by atoms with Gasteiger partial charge in [0.2, 0.25) is 0 Å². The van der Waals surface area contributed by atoms with Crippen LogP contribution in [0.4, 0.5) is 11.6 Å². The van der Waals surface area contributed by atoms with Gasteiger partial charge in [0, 0.05) is 32.3 Å². The van der Waals surface area contributed by atoms with Gasteiger partial charge >= 0.3 is 0 Å². The summed E-state index contributed by atoms with van der Waals surface area (Å²) in [5.74, 6) is 1.69. The first-order valence-corrected chi connectivity index (χ1v) is 11.0. The fourth-order valence-corrected chi connectivity index (χ4v) is 4.26. The van der Waals surface area contributed by atoms with Crippen molar-refractivity contribution in [2.45, 2.75) is 52.2 Å². The SMILES string of the molecule is CCc1nc(-c2cnc(N(C)C)cc2C)c(CC)nc1N[C@@H]1c2ccccc2C[C@@H]1O. The van der Waals surface area contributed by atoms with Gasteiger partial charge < -0.3 is 15.3 Å². The third-order valence-corrected chi connectivity index (χ3v) is 6.02. The lowest BCUT2D eigenvalue weighted by Crippen LogP contribution is -2.23. The van der Waals surface area contributed by atoms with Gasteiger partial charge in [0.25, 0.3) is 0 Å². The molecule has 3 aromatic rings. The van der Waals surface area contributed by atoms with Gasteiger partial charge in [-0.1, -0.05) is 38.1 Å². The maximum Gasteiger partial charge on any atom is 0.148 e. The molecule has 1 aliphatic carbocycles. The Labute approximate surface area is 184 Å². The number of nitrogens with one attached hydrogen (secondary N) is 1. The molecule has 162 valence electrons. The molecule has 4 rings (SSSR count). The first-order valence-electron chi connectivity index (χ1n) is 11.0. The van der Waals surface area contributed by atoms with E-state index in [1.165, 1.54) is 5.56 Å². The number of rotatable bonds is 6. The standard InChI is InChI=1S/C25H31N5O/c1-6-19-23(18-14-26-22(30(4)5)12-15(18)3)27-20(7-2)25(28-19)29-24-17-11-9-8-10-16(17)13-21(24)31/h8-12,14,21,24,31H,6-7,13H2,1-5H3,(H,28,29)/t21-,24+/m0/s1. The highest BCUT2D eigenvalue weighted by atomic mass is 16.3. The van der Waals surface area contributed by atoms with E-state index in [9.17, 15) is 5.11 Å². The predicted octanol–water partition coefficient (Wildman–Crippen LogP) is 4.11. The van der Waals surface area contributed by atoms with E-state index in [1.54, 1.807) is 0 Å². The Morgan fingerprint density at radius 2 is 1.84 bits per heavy atom. The molecule has 0 unspecified atom stereocenters. The summed E-state index contributed by atoms with van der Waals surface area (Å²) in [5.41, 5.74) is 7.21. The number of aromatic nitrogens is 3. The van der Waals surface area contributed by atoms with E-state index < -0.39 is 6.10 Å². The second-order valence-corrected chi connectivity index (χ2v) is 8.37. The molecule has 6 heteroatoms. The Bertz CT molecular complexity index is 1100. The Morgan fingerprint density at radius 1 is 1.10 bits per heavy atom. The summed E-state index contributed by atoms with van der Waals surface area (Å²) in [6, 6.07) is 10.1. The van der Waals surface area contributed by atoms with Gasteiger partial charge in [0.1, 0.15) is 11.6 Å². The van der Waals surface area contributed by atoms with Gasteiger partial charge in [-0.05, 0) is 42.5 Å². The molecule has 6 nitrogen and oxygen atoms in total. The Balaban J connectivity index is 1.74. The number of aliphatic hydroxyl groups excluding tert-OH is 1. The van der Waals surface area contributed by atoms with Crippen LogP contribution in [-0.4, -0.2) is 40.3 Å². The van der Waals surface area contributed by atoms with Crippen molar-refractivity contribution < 1.29 is 5.11 Å². The summed E-state index contributed by atoms with van der Waals surface area (Å²) < 4.78 is 0. The number of nitrogens with zero attached hydrogens (tertiary/aromatic N) is 4. The van der Waals surface area contributed by atoms with Crippen LogP contribution in [0.2, 0.25) is 0 Å². The van der Waals surface area contributed by atoms with Crippen LogP contribution in [0.1, 0.15) is 48.0 Å². The third-order valence-electron chi connectivity index (χ3n) is 6.02. The van der Waals surface area contributed by atoms with E-state index in [0.717, 1.165) is 58.2 Å². The fourth-order valence-electron chi connectivity index (χ4n) is 4.26. The second-order valence-electron chi connectivity index (χ2n) is 8.37. The third kappa shape index (κ3) is 4.00. The zero-order valence-electron chi connectivity index (χ0n) is 19.0. The molecule has 0 spiro atoms. The molecule has 31 heavy (non-hydrogen) atoms.